The molecule has 3 aromatic rings. The molecule has 1 fully saturated rings. The van der Waals surface area contributed by atoms with Gasteiger partial charge >= 0.3 is 5.97 Å². The molecule has 0 bridgehead atoms. The van der Waals surface area contributed by atoms with Crippen LogP contribution in [0.5, 0.6) is 0 Å². The van der Waals surface area contributed by atoms with Crippen molar-refractivity contribution in [1.82, 2.24) is 9.78 Å². The average Bonchev–Trinajstić information content (AvgIpc) is 3.19. The molecule has 4 rings (SSSR count). The molecule has 5 nitrogen and oxygen atoms in total. The van der Waals surface area contributed by atoms with Crippen molar-refractivity contribution in [2.24, 2.45) is 4.99 Å². The molecule has 0 radical (unpaired) electrons. The first-order chi connectivity index (χ1) is 15.0. The van der Waals surface area contributed by atoms with Crippen LogP contribution >= 0.6 is 34.5 Å². The van der Waals surface area contributed by atoms with Gasteiger partial charge in [-0.2, -0.15) is 5.10 Å². The van der Waals surface area contributed by atoms with Crippen LogP contribution in [0, 0.1) is 0 Å². The maximum atomic E-state index is 12.9. The predicted octanol–water partition coefficient (Wildman–Crippen LogP) is 5.91. The zero-order chi connectivity index (χ0) is 21.8. The van der Waals surface area contributed by atoms with Gasteiger partial charge in [0.05, 0.1) is 13.2 Å². The standard InChI is InChI=1S/C23H23Cl2N3O2S/c1-30-22(29)20(15-7-11-17(24)12-8-15)28-23(26-19-5-3-2-4-6-19)31-21(27-28)16-9-13-18(25)14-10-16/h7-14,19-20H,2-6H2,1H3. The molecule has 0 amide bonds. The number of halogens is 2. The van der Waals surface area contributed by atoms with Crippen molar-refractivity contribution in [2.75, 3.05) is 7.11 Å². The number of carbonyl (C=O) groups excluding carboxylic acids is 1. The number of carbonyl (C=O) groups is 1. The molecule has 1 aliphatic carbocycles. The highest BCUT2D eigenvalue weighted by atomic mass is 35.5. The third kappa shape index (κ3) is 5.20. The van der Waals surface area contributed by atoms with Crippen molar-refractivity contribution in [1.29, 1.82) is 0 Å². The van der Waals surface area contributed by atoms with E-state index < -0.39 is 12.0 Å². The highest BCUT2D eigenvalue weighted by Gasteiger charge is 2.27. The lowest BCUT2D eigenvalue weighted by Gasteiger charge is -2.18. The Balaban J connectivity index is 1.86. The van der Waals surface area contributed by atoms with Gasteiger partial charge in [0.1, 0.15) is 5.01 Å². The van der Waals surface area contributed by atoms with Gasteiger partial charge in [0.2, 0.25) is 4.80 Å². The maximum absolute atomic E-state index is 12.9. The molecule has 0 saturated heterocycles. The lowest BCUT2D eigenvalue weighted by molar-refractivity contribution is -0.143. The smallest absolute Gasteiger partial charge is 0.335 e. The molecule has 0 N–H and O–H groups in total. The van der Waals surface area contributed by atoms with Crippen LogP contribution in [0.4, 0.5) is 0 Å². The second-order valence-corrected chi connectivity index (χ2v) is 9.37. The molecule has 1 heterocycles. The zero-order valence-corrected chi connectivity index (χ0v) is 19.5. The van der Waals surface area contributed by atoms with E-state index in [4.69, 9.17) is 38.0 Å². The van der Waals surface area contributed by atoms with E-state index in [2.05, 4.69) is 0 Å². The molecule has 0 spiro atoms. The lowest BCUT2D eigenvalue weighted by Crippen LogP contribution is -2.31. The van der Waals surface area contributed by atoms with E-state index in [-0.39, 0.29) is 6.04 Å². The Labute approximate surface area is 195 Å². The number of esters is 1. The van der Waals surface area contributed by atoms with Crippen LogP contribution in [-0.4, -0.2) is 28.9 Å². The van der Waals surface area contributed by atoms with Crippen LogP contribution < -0.4 is 4.80 Å². The van der Waals surface area contributed by atoms with Gasteiger partial charge in [-0.25, -0.2) is 9.48 Å². The summed E-state index contributed by atoms with van der Waals surface area (Å²) in [7, 11) is 1.39. The van der Waals surface area contributed by atoms with Gasteiger partial charge in [0.25, 0.3) is 0 Å². The van der Waals surface area contributed by atoms with Crippen molar-refractivity contribution in [3.05, 3.63) is 68.9 Å². The van der Waals surface area contributed by atoms with E-state index in [9.17, 15) is 4.79 Å². The summed E-state index contributed by atoms with van der Waals surface area (Å²) in [6, 6.07) is 14.2. The second-order valence-electron chi connectivity index (χ2n) is 7.54. The second kappa shape index (κ2) is 9.98. The number of rotatable bonds is 5. The third-order valence-corrected chi connectivity index (χ3v) is 6.89. The maximum Gasteiger partial charge on any atom is 0.335 e. The molecule has 31 heavy (non-hydrogen) atoms. The Kier molecular flexibility index (Phi) is 7.10. The van der Waals surface area contributed by atoms with Gasteiger partial charge in [0.15, 0.2) is 6.04 Å². The Morgan fingerprint density at radius 1 is 1.06 bits per heavy atom. The summed E-state index contributed by atoms with van der Waals surface area (Å²) in [6.45, 7) is 0. The number of aromatic nitrogens is 2. The minimum Gasteiger partial charge on any atom is -0.467 e. The monoisotopic (exact) mass is 475 g/mol. The zero-order valence-electron chi connectivity index (χ0n) is 17.1. The minimum absolute atomic E-state index is 0.238. The fourth-order valence-corrected chi connectivity index (χ4v) is 5.01. The summed E-state index contributed by atoms with van der Waals surface area (Å²) in [4.78, 5) is 18.6. The van der Waals surface area contributed by atoms with Crippen LogP contribution in [0.25, 0.3) is 10.6 Å². The number of benzene rings is 2. The summed E-state index contributed by atoms with van der Waals surface area (Å²) in [5.74, 6) is -0.402. The van der Waals surface area contributed by atoms with Crippen molar-refractivity contribution in [3.63, 3.8) is 0 Å². The molecular weight excluding hydrogens is 453 g/mol. The van der Waals surface area contributed by atoms with Gasteiger partial charge < -0.3 is 4.74 Å². The Morgan fingerprint density at radius 2 is 1.68 bits per heavy atom. The number of methoxy groups -OCH3 is 1. The molecule has 2 aromatic carbocycles. The van der Waals surface area contributed by atoms with E-state index in [1.807, 2.05) is 36.4 Å². The molecule has 162 valence electrons. The Bertz CT molecular complexity index is 1100. The third-order valence-electron chi connectivity index (χ3n) is 5.40. The van der Waals surface area contributed by atoms with Crippen LogP contribution in [0.3, 0.4) is 0 Å². The number of nitrogens with zero attached hydrogens (tertiary/aromatic N) is 3. The average molecular weight is 476 g/mol. The molecular formula is C23H23Cl2N3O2S. The fraction of sp³-hybridized carbons (Fsp3) is 0.348. The SMILES string of the molecule is COC(=O)C(c1ccc(Cl)cc1)n1nc(-c2ccc(Cl)cc2)sc1=NC1CCCCC1. The predicted molar refractivity (Wildman–Crippen MR) is 125 cm³/mol. The quantitative estimate of drug-likeness (QED) is 0.430. The summed E-state index contributed by atoms with van der Waals surface area (Å²) < 4.78 is 6.83. The summed E-state index contributed by atoms with van der Waals surface area (Å²) in [5, 5.41) is 6.84. The van der Waals surface area contributed by atoms with E-state index >= 15 is 0 Å². The number of ether oxygens (including phenoxy) is 1. The van der Waals surface area contributed by atoms with Crippen molar-refractivity contribution < 1.29 is 9.53 Å². The van der Waals surface area contributed by atoms with Crippen LogP contribution in [0.15, 0.2) is 53.5 Å². The topological polar surface area (TPSA) is 56.5 Å². The number of hydrogen-bond donors (Lipinski definition) is 0. The first-order valence-corrected chi connectivity index (χ1v) is 11.8. The van der Waals surface area contributed by atoms with Gasteiger partial charge in [-0.05, 0) is 42.7 Å². The minimum atomic E-state index is -0.748. The molecule has 8 heteroatoms. The van der Waals surface area contributed by atoms with E-state index in [1.54, 1.807) is 16.8 Å². The fourth-order valence-electron chi connectivity index (χ4n) is 3.76. The van der Waals surface area contributed by atoms with E-state index in [0.29, 0.717) is 14.8 Å². The summed E-state index contributed by atoms with van der Waals surface area (Å²) in [6.07, 6.45) is 5.71. The van der Waals surface area contributed by atoms with Crippen molar-refractivity contribution in [2.45, 2.75) is 44.2 Å². The number of hydrogen-bond acceptors (Lipinski definition) is 5. The molecule has 1 aliphatic rings. The van der Waals surface area contributed by atoms with Crippen LogP contribution in [0.1, 0.15) is 43.7 Å². The lowest BCUT2D eigenvalue weighted by atomic mass is 9.96. The highest BCUT2D eigenvalue weighted by Crippen LogP contribution is 2.27. The van der Waals surface area contributed by atoms with Crippen LogP contribution in [-0.2, 0) is 9.53 Å². The van der Waals surface area contributed by atoms with Gasteiger partial charge in [-0.3, -0.25) is 4.99 Å². The van der Waals surface area contributed by atoms with Gasteiger partial charge in [-0.15, -0.1) is 0 Å². The van der Waals surface area contributed by atoms with Gasteiger partial charge in [0, 0.05) is 15.6 Å². The molecule has 1 atom stereocenters. The summed E-state index contributed by atoms with van der Waals surface area (Å²) in [5.41, 5.74) is 1.67. The molecule has 1 saturated carbocycles. The molecule has 1 unspecified atom stereocenters. The molecule has 0 aliphatic heterocycles. The normalized spacial score (nSPS) is 16.3. The molecule has 1 aromatic heterocycles. The van der Waals surface area contributed by atoms with Crippen molar-refractivity contribution in [3.8, 4) is 10.6 Å². The highest BCUT2D eigenvalue weighted by molar-refractivity contribution is 7.12. The largest absolute Gasteiger partial charge is 0.467 e. The Morgan fingerprint density at radius 3 is 2.29 bits per heavy atom. The van der Waals surface area contributed by atoms with Crippen LogP contribution in [0.2, 0.25) is 10.0 Å². The van der Waals surface area contributed by atoms with E-state index in [0.717, 1.165) is 29.0 Å². The summed E-state index contributed by atoms with van der Waals surface area (Å²) >= 11 is 13.6. The van der Waals surface area contributed by atoms with E-state index in [1.165, 1.54) is 37.7 Å². The Hall–Kier alpha value is -2.15. The first kappa shape index (κ1) is 22.1. The van der Waals surface area contributed by atoms with Gasteiger partial charge in [-0.1, -0.05) is 78.1 Å². The first-order valence-electron chi connectivity index (χ1n) is 10.3. The van der Waals surface area contributed by atoms with Crippen molar-refractivity contribution >= 4 is 40.5 Å².